The van der Waals surface area contributed by atoms with Gasteiger partial charge >= 0.3 is 0 Å². The first-order valence-corrected chi connectivity index (χ1v) is 32.2. The molecule has 3 aliphatic rings. The van der Waals surface area contributed by atoms with Crippen LogP contribution in [0.4, 0.5) is 0 Å². The Hall–Kier alpha value is -11.7. The van der Waals surface area contributed by atoms with Crippen molar-refractivity contribution >= 4 is 115 Å². The van der Waals surface area contributed by atoms with Crippen LogP contribution in [-0.2, 0) is 6.42 Å². The van der Waals surface area contributed by atoms with Gasteiger partial charge in [0.15, 0.2) is 0 Å². The van der Waals surface area contributed by atoms with Crippen LogP contribution in [0.25, 0.3) is 115 Å². The Morgan fingerprint density at radius 3 is 0.828 bits per heavy atom. The molecular weight excluding hydrogens is 1120 g/mol. The minimum absolute atomic E-state index is 1.11. The normalized spacial score (nSPS) is 11.6. The molecule has 0 atom stereocenters. The molecule has 0 amide bonds. The highest BCUT2D eigenvalue weighted by Crippen LogP contribution is 2.34. The van der Waals surface area contributed by atoms with Crippen LogP contribution < -0.4 is 10.4 Å². The third kappa shape index (κ3) is 16.6. The average Bonchev–Trinajstić information content (AvgIpc) is 0.986. The first-order chi connectivity index (χ1) is 46.2. The van der Waals surface area contributed by atoms with Crippen molar-refractivity contribution < 1.29 is 0 Å². The summed E-state index contributed by atoms with van der Waals surface area (Å²) in [6.45, 7) is 0. The van der Waals surface area contributed by atoms with E-state index in [-0.39, 0.29) is 0 Å². The maximum absolute atomic E-state index is 2.25. The molecule has 0 unspecified atom stereocenters. The predicted octanol–water partition coefficient (Wildman–Crippen LogP) is 24.3. The van der Waals surface area contributed by atoms with Gasteiger partial charge in [-0.25, -0.2) is 0 Å². The molecule has 0 nitrogen and oxygen atoms in total. The van der Waals surface area contributed by atoms with E-state index in [9.17, 15) is 0 Å². The summed E-state index contributed by atoms with van der Waals surface area (Å²) in [5.74, 6) is 0. The molecule has 0 bridgehead atoms. The van der Waals surface area contributed by atoms with E-state index in [0.29, 0.717) is 0 Å². The second-order valence-corrected chi connectivity index (χ2v) is 22.9. The molecule has 0 heteroatoms. The molecule has 0 fully saturated rings. The molecule has 3 aliphatic carbocycles. The second-order valence-electron chi connectivity index (χ2n) is 22.9. The second kappa shape index (κ2) is 32.2. The van der Waals surface area contributed by atoms with E-state index in [1.54, 1.807) is 0 Å². The monoisotopic (exact) mass is 1190 g/mol. The summed E-state index contributed by atoms with van der Waals surface area (Å²) in [6, 6.07) is 127. The van der Waals surface area contributed by atoms with Gasteiger partial charge in [0.1, 0.15) is 0 Å². The van der Waals surface area contributed by atoms with Crippen molar-refractivity contribution in [3.8, 4) is 0 Å². The molecule has 0 aromatic heterocycles. The van der Waals surface area contributed by atoms with Crippen LogP contribution in [0.2, 0.25) is 0 Å². The number of allylic oxidation sites excluding steroid dienone is 5. The van der Waals surface area contributed by atoms with E-state index in [0.717, 1.165) is 19.3 Å². The molecule has 0 aliphatic heterocycles. The summed E-state index contributed by atoms with van der Waals surface area (Å²) in [5, 5.41) is 26.7. The van der Waals surface area contributed by atoms with Crippen LogP contribution in [0.5, 0.6) is 0 Å². The molecule has 0 heterocycles. The lowest BCUT2D eigenvalue weighted by Crippen LogP contribution is -2.19. The third-order valence-corrected chi connectivity index (χ3v) is 16.7. The number of hydrogen-bond donors (Lipinski definition) is 0. The predicted molar refractivity (Wildman–Crippen MR) is 409 cm³/mol. The standard InChI is InChI=1S/C16H10.2C14H10.2C10H8.2C9H8.C6H6.C5H6/c1-3-11-7-9-13-5-2-6-14-10-8-12(4-1)15(11)16(13)14;1-3-7-13-11(5-1)9-10-12-6-2-4-8-14(12)13;1-2-6-12-10-14-8-4-3-7-13(14)9-11(12)5-1;2*1-2-6-10-8-4-3-7-9(10)5-1;2*1-2-5-9-7-3-6-8(9)4-1;1-2-4-6-5-3-1;1-2-4-5-3-1/h1-10H;2*1-10H;2*1-8H;1-2,4-7H,3H2;1-6H,7H2;1-6H;1-4H,5H2. The highest BCUT2D eigenvalue weighted by Gasteiger charge is 2.07. The lowest BCUT2D eigenvalue weighted by Gasteiger charge is -2.09. The summed E-state index contributed by atoms with van der Waals surface area (Å²) in [7, 11) is 0. The Labute approximate surface area is 547 Å². The lowest BCUT2D eigenvalue weighted by molar-refractivity contribution is 1.31. The van der Waals surface area contributed by atoms with E-state index in [4.69, 9.17) is 0 Å². The summed E-state index contributed by atoms with van der Waals surface area (Å²) in [4.78, 5) is 0. The fraction of sp³-hybridized carbons (Fsp3) is 0.0323. The number of benzene rings is 17. The highest BCUT2D eigenvalue weighted by atomic mass is 14.1. The van der Waals surface area contributed by atoms with Gasteiger partial charge in [0, 0.05) is 0 Å². The Balaban J connectivity index is 0.000000102. The molecule has 0 N–H and O–H groups in total. The van der Waals surface area contributed by atoms with Crippen LogP contribution >= 0.6 is 0 Å². The number of rotatable bonds is 0. The van der Waals surface area contributed by atoms with E-state index < -0.39 is 0 Å². The van der Waals surface area contributed by atoms with Gasteiger partial charge in [-0.15, -0.1) is 0 Å². The summed E-state index contributed by atoms with van der Waals surface area (Å²) >= 11 is 0. The van der Waals surface area contributed by atoms with Crippen molar-refractivity contribution in [2.75, 3.05) is 0 Å². The van der Waals surface area contributed by atoms with E-state index in [1.165, 1.54) is 119 Å². The molecule has 93 heavy (non-hydrogen) atoms. The van der Waals surface area contributed by atoms with Crippen LogP contribution in [0.15, 0.2) is 394 Å². The summed E-state index contributed by atoms with van der Waals surface area (Å²) < 4.78 is 0. The average molecular weight is 1190 g/mol. The van der Waals surface area contributed by atoms with E-state index in [1.807, 2.05) is 36.4 Å². The van der Waals surface area contributed by atoms with Crippen molar-refractivity contribution in [1.82, 2.24) is 0 Å². The summed E-state index contributed by atoms with van der Waals surface area (Å²) in [5.41, 5.74) is 2.84. The Morgan fingerprint density at radius 1 is 0.194 bits per heavy atom. The van der Waals surface area contributed by atoms with Crippen molar-refractivity contribution in [1.29, 1.82) is 0 Å². The molecule has 0 radical (unpaired) electrons. The van der Waals surface area contributed by atoms with Gasteiger partial charge < -0.3 is 0 Å². The molecular formula is C93H74. The van der Waals surface area contributed by atoms with Crippen LogP contribution in [-0.4, -0.2) is 0 Å². The van der Waals surface area contributed by atoms with Crippen LogP contribution in [0.3, 0.4) is 0 Å². The lowest BCUT2D eigenvalue weighted by atomic mass is 9.95. The molecule has 20 rings (SSSR count). The Morgan fingerprint density at radius 2 is 0.484 bits per heavy atom. The first-order valence-electron chi connectivity index (χ1n) is 32.2. The van der Waals surface area contributed by atoms with Gasteiger partial charge in [-0.1, -0.05) is 400 Å². The molecule has 0 spiro atoms. The van der Waals surface area contributed by atoms with Gasteiger partial charge in [-0.05, 0) is 150 Å². The molecule has 17 aromatic carbocycles. The van der Waals surface area contributed by atoms with Crippen molar-refractivity contribution in [3.05, 3.63) is 416 Å². The maximum atomic E-state index is 2.25. The van der Waals surface area contributed by atoms with Crippen molar-refractivity contribution in [2.24, 2.45) is 0 Å². The van der Waals surface area contributed by atoms with Gasteiger partial charge in [-0.3, -0.25) is 0 Å². The van der Waals surface area contributed by atoms with Crippen molar-refractivity contribution in [2.45, 2.75) is 19.3 Å². The maximum Gasteiger partial charge on any atom is -0.00268 e. The minimum Gasteiger partial charge on any atom is -0.0808 e. The zero-order valence-corrected chi connectivity index (χ0v) is 52.4. The SMILES string of the molecule is C1=CCC=C1.C1=Cc2ccccc2C1.C1=c2ccccc2=CC1.c1cc2ccc3cccc4ccc(c1)c2c34.c1ccc2c(c1)ccc1ccccc12.c1ccc2cc3ccccc3cc2c1.c1ccc2ccccc2c1.c1ccc2ccccc2c1.c1ccccc1. The number of fused-ring (bicyclic) bond motifs is 9. The van der Waals surface area contributed by atoms with Gasteiger partial charge in [-0.2, -0.15) is 0 Å². The number of hydrogen-bond acceptors (Lipinski definition) is 0. The third-order valence-electron chi connectivity index (χ3n) is 16.7. The molecule has 0 saturated heterocycles. The quantitative estimate of drug-likeness (QED) is 0.105. The summed E-state index contributed by atoms with van der Waals surface area (Å²) in [6.07, 6.45) is 20.6. The van der Waals surface area contributed by atoms with Gasteiger partial charge in [0.05, 0.1) is 0 Å². The zero-order valence-electron chi connectivity index (χ0n) is 52.4. The van der Waals surface area contributed by atoms with Gasteiger partial charge in [0.25, 0.3) is 0 Å². The Bertz CT molecular complexity index is 4860. The molecule has 17 aromatic rings. The molecule has 0 saturated carbocycles. The smallest absolute Gasteiger partial charge is 0.00268 e. The highest BCUT2D eigenvalue weighted by molar-refractivity contribution is 6.23. The fourth-order valence-electron chi connectivity index (χ4n) is 11.9. The first kappa shape index (κ1) is 61.5. The minimum atomic E-state index is 1.11. The largest absolute Gasteiger partial charge is 0.0808 e. The fourth-order valence-corrected chi connectivity index (χ4v) is 11.9. The van der Waals surface area contributed by atoms with Gasteiger partial charge in [0.2, 0.25) is 0 Å². The van der Waals surface area contributed by atoms with E-state index >= 15 is 0 Å². The van der Waals surface area contributed by atoms with Crippen LogP contribution in [0, 0.1) is 0 Å². The topological polar surface area (TPSA) is 0 Å². The van der Waals surface area contributed by atoms with Crippen molar-refractivity contribution in [3.63, 3.8) is 0 Å². The zero-order chi connectivity index (χ0) is 62.9. The van der Waals surface area contributed by atoms with Crippen LogP contribution in [0.1, 0.15) is 24.0 Å². The molecule has 446 valence electrons. The van der Waals surface area contributed by atoms with E-state index in [2.05, 4.69) is 376 Å². The Kier molecular flexibility index (Phi) is 21.3.